The molecular formula is C18H20N2O8S. The summed E-state index contributed by atoms with van der Waals surface area (Å²) < 4.78 is 42.9. The molecule has 0 saturated carbocycles. The maximum absolute atomic E-state index is 12.3. The van der Waals surface area contributed by atoms with E-state index in [-0.39, 0.29) is 22.0 Å². The summed E-state index contributed by atoms with van der Waals surface area (Å²) in [5.41, 5.74) is 0.413. The predicted molar refractivity (Wildman–Crippen MR) is 103 cm³/mol. The molecule has 0 atom stereocenters. The van der Waals surface area contributed by atoms with Crippen LogP contribution in [0.3, 0.4) is 0 Å². The first-order chi connectivity index (χ1) is 13.7. The number of rotatable bonds is 8. The minimum atomic E-state index is -3.83. The Bertz CT molecular complexity index is 978. The van der Waals surface area contributed by atoms with Gasteiger partial charge in [-0.05, 0) is 36.4 Å². The van der Waals surface area contributed by atoms with Gasteiger partial charge in [-0.2, -0.15) is 0 Å². The van der Waals surface area contributed by atoms with E-state index in [1.54, 1.807) is 0 Å². The van der Waals surface area contributed by atoms with Crippen molar-refractivity contribution in [2.75, 3.05) is 33.3 Å². The van der Waals surface area contributed by atoms with Gasteiger partial charge in [0, 0.05) is 5.69 Å². The van der Waals surface area contributed by atoms with Crippen molar-refractivity contribution in [2.24, 2.45) is 5.14 Å². The molecule has 0 bridgehead atoms. The zero-order valence-electron chi connectivity index (χ0n) is 15.9. The van der Waals surface area contributed by atoms with Gasteiger partial charge >= 0.3 is 5.97 Å². The first-order valence-electron chi connectivity index (χ1n) is 8.09. The Labute approximate surface area is 167 Å². The quantitative estimate of drug-likeness (QED) is 0.601. The van der Waals surface area contributed by atoms with Crippen molar-refractivity contribution in [3.63, 3.8) is 0 Å². The SMILES string of the molecule is COc1cc(C(=O)OCC(=O)Nc2ccc(S(N)(=O)=O)cc2)cc(OC)c1OC. The summed E-state index contributed by atoms with van der Waals surface area (Å²) in [6, 6.07) is 8.00. The molecule has 0 heterocycles. The van der Waals surface area contributed by atoms with Gasteiger partial charge in [-0.1, -0.05) is 0 Å². The van der Waals surface area contributed by atoms with Gasteiger partial charge in [0.2, 0.25) is 15.8 Å². The Kier molecular flexibility index (Phi) is 7.02. The van der Waals surface area contributed by atoms with E-state index in [9.17, 15) is 18.0 Å². The van der Waals surface area contributed by atoms with Gasteiger partial charge in [0.15, 0.2) is 18.1 Å². The molecule has 0 aliphatic heterocycles. The molecule has 0 saturated heterocycles. The maximum atomic E-state index is 12.3. The first-order valence-corrected chi connectivity index (χ1v) is 9.64. The molecule has 10 nitrogen and oxygen atoms in total. The van der Waals surface area contributed by atoms with Crippen LogP contribution in [0.1, 0.15) is 10.4 Å². The van der Waals surface area contributed by atoms with E-state index in [0.29, 0.717) is 11.4 Å². The number of hydrogen-bond acceptors (Lipinski definition) is 8. The van der Waals surface area contributed by atoms with Crippen LogP contribution in [0.5, 0.6) is 17.2 Å². The second kappa shape index (κ2) is 9.26. The smallest absolute Gasteiger partial charge is 0.338 e. The molecule has 29 heavy (non-hydrogen) atoms. The van der Waals surface area contributed by atoms with Gasteiger partial charge in [0.1, 0.15) is 0 Å². The van der Waals surface area contributed by atoms with Gasteiger partial charge in [-0.15, -0.1) is 0 Å². The minimum absolute atomic E-state index is 0.0932. The number of anilines is 1. The van der Waals surface area contributed by atoms with Crippen molar-refractivity contribution in [3.8, 4) is 17.2 Å². The summed E-state index contributed by atoms with van der Waals surface area (Å²) in [6.07, 6.45) is 0. The van der Waals surface area contributed by atoms with Gasteiger partial charge in [-0.25, -0.2) is 18.4 Å². The van der Waals surface area contributed by atoms with E-state index in [0.717, 1.165) is 0 Å². The molecule has 0 spiro atoms. The van der Waals surface area contributed by atoms with E-state index in [1.165, 1.54) is 57.7 Å². The van der Waals surface area contributed by atoms with Gasteiger partial charge in [0.25, 0.3) is 5.91 Å². The van der Waals surface area contributed by atoms with Crippen LogP contribution in [-0.2, 0) is 19.6 Å². The molecular weight excluding hydrogens is 404 g/mol. The Morgan fingerprint density at radius 1 is 0.966 bits per heavy atom. The lowest BCUT2D eigenvalue weighted by Gasteiger charge is -2.13. The number of sulfonamides is 1. The molecule has 3 N–H and O–H groups in total. The third-order valence-electron chi connectivity index (χ3n) is 3.70. The predicted octanol–water partition coefficient (Wildman–Crippen LogP) is 1.16. The number of primary sulfonamides is 1. The monoisotopic (exact) mass is 424 g/mol. The van der Waals surface area contributed by atoms with Crippen molar-refractivity contribution >= 4 is 27.6 Å². The number of ether oxygens (including phenoxy) is 4. The fourth-order valence-electron chi connectivity index (χ4n) is 2.34. The van der Waals surface area contributed by atoms with Crippen LogP contribution in [0, 0.1) is 0 Å². The Morgan fingerprint density at radius 2 is 1.52 bits per heavy atom. The molecule has 0 fully saturated rings. The van der Waals surface area contributed by atoms with Crippen molar-refractivity contribution < 1.29 is 37.0 Å². The molecule has 0 aromatic heterocycles. The van der Waals surface area contributed by atoms with E-state index in [1.807, 2.05) is 0 Å². The highest BCUT2D eigenvalue weighted by atomic mass is 32.2. The lowest BCUT2D eigenvalue weighted by atomic mass is 10.2. The number of nitrogens with one attached hydrogen (secondary N) is 1. The molecule has 2 aromatic rings. The molecule has 0 radical (unpaired) electrons. The average molecular weight is 424 g/mol. The molecule has 0 unspecified atom stereocenters. The second-order valence-electron chi connectivity index (χ2n) is 5.61. The number of benzene rings is 2. The Balaban J connectivity index is 2.02. The number of hydrogen-bond donors (Lipinski definition) is 2. The van der Waals surface area contributed by atoms with Crippen LogP contribution in [-0.4, -0.2) is 48.2 Å². The number of carbonyl (C=O) groups excluding carboxylic acids is 2. The van der Waals surface area contributed by atoms with Crippen molar-refractivity contribution in [3.05, 3.63) is 42.0 Å². The topological polar surface area (TPSA) is 143 Å². The summed E-state index contributed by atoms with van der Waals surface area (Å²) in [6.45, 7) is -0.563. The number of esters is 1. The van der Waals surface area contributed by atoms with E-state index >= 15 is 0 Å². The average Bonchev–Trinajstić information content (AvgIpc) is 2.70. The number of methoxy groups -OCH3 is 3. The van der Waals surface area contributed by atoms with Gasteiger partial charge in [-0.3, -0.25) is 4.79 Å². The zero-order chi connectivity index (χ0) is 21.6. The normalized spacial score (nSPS) is 10.8. The molecule has 0 aliphatic rings. The number of carbonyl (C=O) groups is 2. The Morgan fingerprint density at radius 3 is 1.97 bits per heavy atom. The molecule has 1 amide bonds. The van der Waals surface area contributed by atoms with Gasteiger partial charge in [0.05, 0.1) is 31.8 Å². The molecule has 11 heteroatoms. The van der Waals surface area contributed by atoms with Crippen LogP contribution >= 0.6 is 0 Å². The standard InChI is InChI=1S/C18H20N2O8S/c1-25-14-8-11(9-15(26-2)17(14)27-3)18(22)28-10-16(21)20-12-4-6-13(7-5-12)29(19,23)24/h4-9H,10H2,1-3H3,(H,20,21)(H2,19,23,24). The van der Waals surface area contributed by atoms with Crippen LogP contribution in [0.15, 0.2) is 41.3 Å². The van der Waals surface area contributed by atoms with Crippen LogP contribution < -0.4 is 24.7 Å². The highest BCUT2D eigenvalue weighted by molar-refractivity contribution is 7.89. The third kappa shape index (κ3) is 5.59. The van der Waals surface area contributed by atoms with E-state index < -0.39 is 28.5 Å². The van der Waals surface area contributed by atoms with Crippen molar-refractivity contribution in [1.82, 2.24) is 0 Å². The van der Waals surface area contributed by atoms with Crippen LogP contribution in [0.2, 0.25) is 0 Å². The third-order valence-corrected chi connectivity index (χ3v) is 4.63. The highest BCUT2D eigenvalue weighted by Crippen LogP contribution is 2.38. The highest BCUT2D eigenvalue weighted by Gasteiger charge is 2.18. The van der Waals surface area contributed by atoms with Crippen molar-refractivity contribution in [2.45, 2.75) is 4.90 Å². The minimum Gasteiger partial charge on any atom is -0.493 e. The summed E-state index contributed by atoms with van der Waals surface area (Å²) in [5, 5.41) is 7.48. The van der Waals surface area contributed by atoms with Crippen molar-refractivity contribution in [1.29, 1.82) is 0 Å². The fraction of sp³-hybridized carbons (Fsp3) is 0.222. The Hall–Kier alpha value is -3.31. The van der Waals surface area contributed by atoms with E-state index in [2.05, 4.69) is 5.32 Å². The first kappa shape index (κ1) is 22.0. The fourth-order valence-corrected chi connectivity index (χ4v) is 2.85. The van der Waals surface area contributed by atoms with E-state index in [4.69, 9.17) is 24.1 Å². The lowest BCUT2D eigenvalue weighted by molar-refractivity contribution is -0.119. The summed E-state index contributed by atoms with van der Waals surface area (Å²) >= 11 is 0. The lowest BCUT2D eigenvalue weighted by Crippen LogP contribution is -2.21. The maximum Gasteiger partial charge on any atom is 0.338 e. The summed E-state index contributed by atoms with van der Waals surface area (Å²) in [7, 11) is 0.408. The number of nitrogens with two attached hydrogens (primary N) is 1. The molecule has 0 aliphatic carbocycles. The second-order valence-corrected chi connectivity index (χ2v) is 7.17. The number of amides is 1. The summed E-state index contributed by atoms with van der Waals surface area (Å²) in [5.74, 6) is -0.554. The zero-order valence-corrected chi connectivity index (χ0v) is 16.7. The summed E-state index contributed by atoms with van der Waals surface area (Å²) in [4.78, 5) is 24.1. The van der Waals surface area contributed by atoms with Crippen LogP contribution in [0.25, 0.3) is 0 Å². The van der Waals surface area contributed by atoms with Crippen LogP contribution in [0.4, 0.5) is 5.69 Å². The molecule has 2 aromatic carbocycles. The largest absolute Gasteiger partial charge is 0.493 e. The molecule has 156 valence electrons. The van der Waals surface area contributed by atoms with Gasteiger partial charge < -0.3 is 24.3 Å². The molecule has 2 rings (SSSR count).